The molecule has 1 saturated heterocycles. The minimum atomic E-state index is -1.91. The summed E-state index contributed by atoms with van der Waals surface area (Å²) in [4.78, 5) is 51.1. The van der Waals surface area contributed by atoms with Crippen molar-refractivity contribution in [3.63, 3.8) is 0 Å². The summed E-state index contributed by atoms with van der Waals surface area (Å²) in [6, 6.07) is 0. The molecule has 1 aliphatic rings. The number of carbonyl (C=O) groups is 4. The van der Waals surface area contributed by atoms with E-state index in [0.29, 0.717) is 25.7 Å². The molecule has 0 spiro atoms. The Kier molecular flexibility index (Phi) is 48.4. The third-order valence-electron chi connectivity index (χ3n) is 13.4. The van der Waals surface area contributed by atoms with E-state index in [2.05, 4.69) is 99.8 Å². The Hall–Kier alpha value is -4.10. The normalized spacial score (nSPS) is 18.6. The number of hydrogen-bond acceptors (Lipinski definition) is 11. The van der Waals surface area contributed by atoms with Gasteiger partial charge in [-0.25, -0.2) is 4.79 Å². The lowest BCUT2D eigenvalue weighted by molar-refractivity contribution is -0.301. The van der Waals surface area contributed by atoms with E-state index in [1.54, 1.807) is 0 Å². The highest BCUT2D eigenvalue weighted by atomic mass is 16.7. The lowest BCUT2D eigenvalue weighted by Gasteiger charge is -2.40. The van der Waals surface area contributed by atoms with E-state index in [9.17, 15) is 34.5 Å². The first-order valence-corrected chi connectivity index (χ1v) is 30.6. The molecule has 0 saturated carbocycles. The van der Waals surface area contributed by atoms with Gasteiger partial charge in [-0.3, -0.25) is 14.4 Å². The van der Waals surface area contributed by atoms with Gasteiger partial charge in [-0.15, -0.1) is 0 Å². The maximum atomic E-state index is 13.1. The molecule has 0 aliphatic carbocycles. The summed E-state index contributed by atoms with van der Waals surface area (Å²) in [5.74, 6) is -3.21. The molecule has 12 heteroatoms. The quantitative estimate of drug-likeness (QED) is 0.0228. The summed E-state index contributed by atoms with van der Waals surface area (Å²) < 4.78 is 28.4. The van der Waals surface area contributed by atoms with E-state index in [1.807, 2.05) is 6.08 Å². The highest BCUT2D eigenvalue weighted by molar-refractivity contribution is 5.74. The van der Waals surface area contributed by atoms with Crippen molar-refractivity contribution in [2.24, 2.45) is 0 Å². The number of hydrogen-bond donors (Lipinski definition) is 3. The standard InChI is InChI=1S/C65H108O12/c1-4-7-10-13-16-19-22-24-26-28-29-31-33-35-38-41-44-47-50-53-59(68)76-63-61(70)60(69)62(64(71)72)77-65(63)74-55-56(75-58(67)52-49-46-43-40-36-21-18-15-12-9-6-3)54-73-57(66)51-48-45-42-39-37-34-32-30-27-25-23-20-17-14-11-8-5-2/h8,11,15,17-18,20,24-27,32,34,39,42,56,60-63,65,69-70H,4-7,9-10,12-14,16,19,21-23,28-31,33,35-38,40-41,43-55H2,1-3H3,(H,71,72)/b11-8-,18-15-,20-17-,26-24-,27-25-,34-32-,42-39-. The van der Waals surface area contributed by atoms with Crippen LogP contribution in [0.1, 0.15) is 252 Å². The van der Waals surface area contributed by atoms with Crippen LogP contribution < -0.4 is 0 Å². The highest BCUT2D eigenvalue weighted by Gasteiger charge is 2.50. The first-order chi connectivity index (χ1) is 37.6. The molecule has 12 nitrogen and oxygen atoms in total. The number of rotatable bonds is 51. The Balaban J connectivity index is 2.68. The van der Waals surface area contributed by atoms with Crippen LogP contribution in [0, 0.1) is 0 Å². The summed E-state index contributed by atoms with van der Waals surface area (Å²) >= 11 is 0. The second-order valence-corrected chi connectivity index (χ2v) is 20.6. The number of aliphatic hydroxyl groups excluding tert-OH is 2. The van der Waals surface area contributed by atoms with Crippen LogP contribution >= 0.6 is 0 Å². The molecule has 0 radical (unpaired) electrons. The molecule has 1 fully saturated rings. The van der Waals surface area contributed by atoms with Crippen molar-refractivity contribution >= 4 is 23.9 Å². The Morgan fingerprint density at radius 1 is 0.442 bits per heavy atom. The van der Waals surface area contributed by atoms with Crippen LogP contribution in [0.5, 0.6) is 0 Å². The van der Waals surface area contributed by atoms with E-state index in [4.69, 9.17) is 23.7 Å². The van der Waals surface area contributed by atoms with Crippen LogP contribution in [0.3, 0.4) is 0 Å². The summed E-state index contributed by atoms with van der Waals surface area (Å²) in [5, 5.41) is 31.5. The van der Waals surface area contributed by atoms with Crippen molar-refractivity contribution in [1.29, 1.82) is 0 Å². The fourth-order valence-electron chi connectivity index (χ4n) is 8.73. The van der Waals surface area contributed by atoms with Gasteiger partial charge in [-0.05, 0) is 103 Å². The van der Waals surface area contributed by atoms with Crippen molar-refractivity contribution < 1.29 is 58.2 Å². The summed E-state index contributed by atoms with van der Waals surface area (Å²) in [5.41, 5.74) is 0. The van der Waals surface area contributed by atoms with E-state index < -0.39 is 67.3 Å². The van der Waals surface area contributed by atoms with Gasteiger partial charge < -0.3 is 39.0 Å². The largest absolute Gasteiger partial charge is 0.479 e. The van der Waals surface area contributed by atoms with Crippen molar-refractivity contribution in [3.05, 3.63) is 85.1 Å². The second-order valence-electron chi connectivity index (χ2n) is 20.6. The molecule has 0 bridgehead atoms. The maximum Gasteiger partial charge on any atom is 0.335 e. The van der Waals surface area contributed by atoms with Crippen molar-refractivity contribution in [2.45, 2.75) is 289 Å². The van der Waals surface area contributed by atoms with Gasteiger partial charge in [-0.1, -0.05) is 215 Å². The molecule has 0 aromatic heterocycles. The number of carboxylic acid groups (broad SMARTS) is 1. The van der Waals surface area contributed by atoms with Crippen LogP contribution in [0.4, 0.5) is 0 Å². The van der Waals surface area contributed by atoms with Gasteiger partial charge in [0, 0.05) is 19.3 Å². The first-order valence-electron chi connectivity index (χ1n) is 30.6. The minimum Gasteiger partial charge on any atom is -0.479 e. The molecule has 0 amide bonds. The molecule has 1 rings (SSSR count). The van der Waals surface area contributed by atoms with Gasteiger partial charge in [0.25, 0.3) is 0 Å². The van der Waals surface area contributed by atoms with Gasteiger partial charge in [0.1, 0.15) is 18.8 Å². The molecule has 1 heterocycles. The van der Waals surface area contributed by atoms with E-state index in [-0.39, 0.29) is 25.9 Å². The van der Waals surface area contributed by atoms with Gasteiger partial charge in [0.05, 0.1) is 6.61 Å². The third kappa shape index (κ3) is 42.5. The molecular formula is C65H108O12. The van der Waals surface area contributed by atoms with E-state index >= 15 is 0 Å². The van der Waals surface area contributed by atoms with E-state index in [0.717, 1.165) is 103 Å². The summed E-state index contributed by atoms with van der Waals surface area (Å²) in [6.45, 7) is 5.78. The number of esters is 3. The molecule has 77 heavy (non-hydrogen) atoms. The predicted molar refractivity (Wildman–Crippen MR) is 312 cm³/mol. The Bertz CT molecular complexity index is 1660. The average molecular weight is 1080 g/mol. The number of aliphatic carboxylic acids is 1. The fraction of sp³-hybridized carbons (Fsp3) is 0.723. The molecule has 1 aliphatic heterocycles. The number of allylic oxidation sites excluding steroid dienone is 14. The zero-order valence-electron chi connectivity index (χ0n) is 48.4. The van der Waals surface area contributed by atoms with Crippen molar-refractivity contribution in [1.82, 2.24) is 0 Å². The highest BCUT2D eigenvalue weighted by Crippen LogP contribution is 2.26. The lowest BCUT2D eigenvalue weighted by Crippen LogP contribution is -2.61. The van der Waals surface area contributed by atoms with Crippen molar-refractivity contribution in [2.75, 3.05) is 13.2 Å². The SMILES string of the molecule is CC/C=C\C/C=C\C/C=C\C/C=C\C/C=C\CCCC(=O)OCC(COC1OC(C(=O)O)C(O)C(O)C1OC(=O)CCCCCCCCCCC/C=C\CCCCCCCC)OC(=O)CCCCCCC/C=C\CCCC. The maximum absolute atomic E-state index is 13.1. The molecule has 6 unspecified atom stereocenters. The van der Waals surface area contributed by atoms with Crippen molar-refractivity contribution in [3.8, 4) is 0 Å². The average Bonchev–Trinajstić information content (AvgIpc) is 3.41. The summed E-state index contributed by atoms with van der Waals surface area (Å²) in [6.07, 6.45) is 55.6. The van der Waals surface area contributed by atoms with Gasteiger partial charge >= 0.3 is 23.9 Å². The van der Waals surface area contributed by atoms with E-state index in [1.165, 1.54) is 83.5 Å². The smallest absolute Gasteiger partial charge is 0.335 e. The number of ether oxygens (including phenoxy) is 5. The van der Waals surface area contributed by atoms with Crippen LogP contribution in [0.25, 0.3) is 0 Å². The molecule has 0 aromatic rings. The number of carboxylic acids is 1. The number of unbranched alkanes of at least 4 members (excludes halogenated alkanes) is 23. The van der Waals surface area contributed by atoms with Crippen LogP contribution in [-0.2, 0) is 42.9 Å². The topological polar surface area (TPSA) is 175 Å². The van der Waals surface area contributed by atoms with Crippen LogP contribution in [0.15, 0.2) is 85.1 Å². The van der Waals surface area contributed by atoms with Gasteiger partial charge in [0.15, 0.2) is 24.6 Å². The van der Waals surface area contributed by atoms with Gasteiger partial charge in [-0.2, -0.15) is 0 Å². The second kappa shape index (κ2) is 52.6. The third-order valence-corrected chi connectivity index (χ3v) is 13.4. The zero-order chi connectivity index (χ0) is 56.1. The molecular weight excluding hydrogens is 973 g/mol. The predicted octanol–water partition coefficient (Wildman–Crippen LogP) is 15.9. The van der Waals surface area contributed by atoms with Crippen LogP contribution in [-0.4, -0.2) is 89.2 Å². The zero-order valence-corrected chi connectivity index (χ0v) is 48.4. The fourth-order valence-corrected chi connectivity index (χ4v) is 8.73. The Morgan fingerprint density at radius 3 is 1.34 bits per heavy atom. The molecule has 3 N–H and O–H groups in total. The van der Waals surface area contributed by atoms with Gasteiger partial charge in [0.2, 0.25) is 0 Å². The molecule has 440 valence electrons. The minimum absolute atomic E-state index is 0.0497. The number of carbonyl (C=O) groups excluding carboxylic acids is 3. The number of aliphatic hydroxyl groups is 2. The molecule has 6 atom stereocenters. The first kappa shape index (κ1) is 70.9. The monoisotopic (exact) mass is 1080 g/mol. The lowest BCUT2D eigenvalue weighted by atomic mass is 9.98. The Labute approximate surface area is 467 Å². The Morgan fingerprint density at radius 2 is 0.844 bits per heavy atom. The van der Waals surface area contributed by atoms with Crippen LogP contribution in [0.2, 0.25) is 0 Å². The summed E-state index contributed by atoms with van der Waals surface area (Å²) in [7, 11) is 0. The molecule has 0 aromatic carbocycles.